The minimum atomic E-state index is -3.91. The van der Waals surface area contributed by atoms with Crippen molar-refractivity contribution < 1.29 is 13.5 Å². The zero-order valence-electron chi connectivity index (χ0n) is 14.8. The molecule has 7 nitrogen and oxygen atoms in total. The fourth-order valence-electron chi connectivity index (χ4n) is 2.51. The summed E-state index contributed by atoms with van der Waals surface area (Å²) in [5.41, 5.74) is 1.05. The lowest BCUT2D eigenvalue weighted by Gasteiger charge is -2.13. The van der Waals surface area contributed by atoms with Crippen LogP contribution < -0.4 is 10.3 Å². The zero-order chi connectivity index (χ0) is 20.6. The lowest BCUT2D eigenvalue weighted by molar-refractivity contribution is 0.467. The van der Waals surface area contributed by atoms with E-state index in [1.165, 1.54) is 30.5 Å². The van der Waals surface area contributed by atoms with Crippen molar-refractivity contribution in [1.82, 2.24) is 9.78 Å². The fraction of sp³-hybridized carbons (Fsp3) is 0.111. The third kappa shape index (κ3) is 3.71. The summed E-state index contributed by atoms with van der Waals surface area (Å²) in [7, 11) is -3.91. The van der Waals surface area contributed by atoms with Crippen LogP contribution in [-0.2, 0) is 10.0 Å². The van der Waals surface area contributed by atoms with E-state index >= 15 is 0 Å². The molecule has 10 heteroatoms. The first-order chi connectivity index (χ1) is 13.1. The molecule has 0 saturated heterocycles. The molecule has 0 aliphatic rings. The molecule has 2 N–H and O–H groups in total. The first-order valence-electron chi connectivity index (χ1n) is 7.97. The van der Waals surface area contributed by atoms with E-state index in [1.807, 2.05) is 0 Å². The number of hydrogen-bond acceptors (Lipinski definition) is 5. The van der Waals surface area contributed by atoms with Gasteiger partial charge in [0, 0.05) is 5.56 Å². The maximum Gasteiger partial charge on any atom is 0.291 e. The van der Waals surface area contributed by atoms with E-state index in [9.17, 15) is 18.3 Å². The SMILES string of the molecule is Cc1ccc(NS(=O)(=O)c2ccc(-n3ncc(Cl)c(Cl)c3=O)cc2)c(C)c1O. The molecule has 0 aliphatic heterocycles. The molecule has 0 saturated carbocycles. The van der Waals surface area contributed by atoms with Gasteiger partial charge >= 0.3 is 0 Å². The van der Waals surface area contributed by atoms with Crippen LogP contribution in [0.5, 0.6) is 5.75 Å². The highest BCUT2D eigenvalue weighted by molar-refractivity contribution is 7.92. The lowest BCUT2D eigenvalue weighted by Crippen LogP contribution is -2.21. The third-order valence-corrected chi connectivity index (χ3v) is 6.27. The van der Waals surface area contributed by atoms with E-state index in [2.05, 4.69) is 9.82 Å². The molecule has 28 heavy (non-hydrogen) atoms. The second-order valence-electron chi connectivity index (χ2n) is 6.03. The number of anilines is 1. The van der Waals surface area contributed by atoms with Crippen molar-refractivity contribution in [2.75, 3.05) is 4.72 Å². The molecule has 1 heterocycles. The maximum absolute atomic E-state index is 12.6. The highest BCUT2D eigenvalue weighted by atomic mass is 35.5. The first kappa shape index (κ1) is 20.2. The summed E-state index contributed by atoms with van der Waals surface area (Å²) in [4.78, 5) is 12.1. The van der Waals surface area contributed by atoms with Crippen molar-refractivity contribution in [2.24, 2.45) is 0 Å². The quantitative estimate of drug-likeness (QED) is 0.645. The standard InChI is InChI=1S/C18H15Cl2N3O4S/c1-10-3-8-15(11(2)17(10)24)22-28(26,27)13-6-4-12(5-7-13)23-18(25)16(20)14(19)9-21-23/h3-9,22,24H,1-2H3. The number of nitrogens with one attached hydrogen (secondary N) is 1. The molecule has 2 aromatic carbocycles. The number of benzene rings is 2. The molecular formula is C18H15Cl2N3O4S. The van der Waals surface area contributed by atoms with Crippen LogP contribution in [0.3, 0.4) is 0 Å². The van der Waals surface area contributed by atoms with Gasteiger partial charge in [-0.15, -0.1) is 0 Å². The molecule has 3 rings (SSSR count). The van der Waals surface area contributed by atoms with Crippen molar-refractivity contribution in [2.45, 2.75) is 18.7 Å². The first-order valence-corrected chi connectivity index (χ1v) is 10.2. The largest absolute Gasteiger partial charge is 0.507 e. The Balaban J connectivity index is 1.94. The Labute approximate surface area is 171 Å². The molecule has 0 radical (unpaired) electrons. The molecule has 0 spiro atoms. The average Bonchev–Trinajstić information content (AvgIpc) is 2.67. The number of aromatic hydroxyl groups is 1. The lowest BCUT2D eigenvalue weighted by atomic mass is 10.1. The summed E-state index contributed by atoms with van der Waals surface area (Å²) < 4.78 is 28.8. The van der Waals surface area contributed by atoms with Crippen LogP contribution >= 0.6 is 23.2 Å². The number of rotatable bonds is 4. The van der Waals surface area contributed by atoms with E-state index in [4.69, 9.17) is 23.2 Å². The molecule has 1 aromatic heterocycles. The number of sulfonamides is 1. The van der Waals surface area contributed by atoms with E-state index < -0.39 is 15.6 Å². The van der Waals surface area contributed by atoms with Crippen LogP contribution in [-0.4, -0.2) is 23.3 Å². The average molecular weight is 440 g/mol. The summed E-state index contributed by atoms with van der Waals surface area (Å²) in [6.07, 6.45) is 1.23. The predicted molar refractivity (Wildman–Crippen MR) is 108 cm³/mol. The minimum absolute atomic E-state index is 0.0242. The summed E-state index contributed by atoms with van der Waals surface area (Å²) in [5, 5.41) is 13.7. The fourth-order valence-corrected chi connectivity index (χ4v) is 3.89. The van der Waals surface area contributed by atoms with Gasteiger partial charge in [-0.05, 0) is 49.7 Å². The van der Waals surface area contributed by atoms with Crippen molar-refractivity contribution >= 4 is 38.9 Å². The van der Waals surface area contributed by atoms with Crippen LogP contribution in [0, 0.1) is 13.8 Å². The Morgan fingerprint density at radius 1 is 1.07 bits per heavy atom. The summed E-state index contributed by atoms with van der Waals surface area (Å²) >= 11 is 11.6. The number of phenolic OH excluding ortho intramolecular Hbond substituents is 1. The van der Waals surface area contributed by atoms with Gasteiger partial charge in [-0.3, -0.25) is 9.52 Å². The highest BCUT2D eigenvalue weighted by Crippen LogP contribution is 2.29. The van der Waals surface area contributed by atoms with Crippen molar-refractivity contribution in [3.63, 3.8) is 0 Å². The van der Waals surface area contributed by atoms with E-state index in [1.54, 1.807) is 26.0 Å². The second-order valence-corrected chi connectivity index (χ2v) is 8.49. The van der Waals surface area contributed by atoms with Crippen molar-refractivity contribution in [1.29, 1.82) is 0 Å². The maximum atomic E-state index is 12.6. The van der Waals surface area contributed by atoms with Crippen molar-refractivity contribution in [3.8, 4) is 11.4 Å². The Morgan fingerprint density at radius 2 is 1.71 bits per heavy atom. The highest BCUT2D eigenvalue weighted by Gasteiger charge is 2.17. The van der Waals surface area contributed by atoms with E-state index in [0.717, 1.165) is 4.68 Å². The van der Waals surface area contributed by atoms with E-state index in [-0.39, 0.29) is 26.4 Å². The molecule has 0 fully saturated rings. The Kier molecular flexibility index (Phi) is 5.38. The topological polar surface area (TPSA) is 101 Å². The zero-order valence-corrected chi connectivity index (χ0v) is 17.1. The van der Waals surface area contributed by atoms with Crippen LogP contribution in [0.15, 0.2) is 52.3 Å². The summed E-state index contributed by atoms with van der Waals surface area (Å²) in [6, 6.07) is 8.70. The van der Waals surface area contributed by atoms with E-state index in [0.29, 0.717) is 16.8 Å². The molecule has 0 unspecified atom stereocenters. The third-order valence-electron chi connectivity index (χ3n) is 4.15. The van der Waals surface area contributed by atoms with Gasteiger partial charge in [-0.25, -0.2) is 8.42 Å². The van der Waals surface area contributed by atoms with Crippen LogP contribution in [0.4, 0.5) is 5.69 Å². The Bertz CT molecular complexity index is 1220. The number of halogens is 2. The van der Waals surface area contributed by atoms with Gasteiger partial charge in [0.25, 0.3) is 15.6 Å². The summed E-state index contributed by atoms with van der Waals surface area (Å²) in [6.45, 7) is 3.34. The molecular weight excluding hydrogens is 425 g/mol. The molecule has 0 amide bonds. The van der Waals surface area contributed by atoms with Crippen LogP contribution in [0.1, 0.15) is 11.1 Å². The number of hydrogen-bond donors (Lipinski definition) is 2. The number of aryl methyl sites for hydroxylation is 1. The molecule has 0 bridgehead atoms. The molecule has 146 valence electrons. The minimum Gasteiger partial charge on any atom is -0.507 e. The van der Waals surface area contributed by atoms with Gasteiger partial charge in [-0.1, -0.05) is 29.3 Å². The smallest absolute Gasteiger partial charge is 0.291 e. The number of nitrogens with zero attached hydrogens (tertiary/aromatic N) is 2. The van der Waals surface area contributed by atoms with Gasteiger partial charge < -0.3 is 5.11 Å². The number of aromatic nitrogens is 2. The summed E-state index contributed by atoms with van der Waals surface area (Å²) in [5.74, 6) is 0.0283. The monoisotopic (exact) mass is 439 g/mol. The van der Waals surface area contributed by atoms with Crippen molar-refractivity contribution in [3.05, 3.63) is 74.1 Å². The Morgan fingerprint density at radius 3 is 2.36 bits per heavy atom. The second kappa shape index (κ2) is 7.46. The van der Waals surface area contributed by atoms with Gasteiger partial charge in [0.1, 0.15) is 10.8 Å². The van der Waals surface area contributed by atoms with Gasteiger partial charge in [0.05, 0.1) is 27.5 Å². The van der Waals surface area contributed by atoms with Crippen LogP contribution in [0.25, 0.3) is 5.69 Å². The molecule has 0 atom stereocenters. The van der Waals surface area contributed by atoms with Gasteiger partial charge in [0.2, 0.25) is 0 Å². The predicted octanol–water partition coefficient (Wildman–Crippen LogP) is 3.66. The van der Waals surface area contributed by atoms with Crippen LogP contribution in [0.2, 0.25) is 10.0 Å². The van der Waals surface area contributed by atoms with Gasteiger partial charge in [0.15, 0.2) is 0 Å². The number of phenols is 1. The molecule has 0 aliphatic carbocycles. The van der Waals surface area contributed by atoms with Gasteiger partial charge in [-0.2, -0.15) is 9.78 Å². The normalized spacial score (nSPS) is 11.4. The Hall–Kier alpha value is -2.55. The molecule has 3 aromatic rings.